The maximum Gasteiger partial charge on any atom is 0.338 e. The van der Waals surface area contributed by atoms with Gasteiger partial charge in [-0.3, -0.25) is 4.79 Å². The number of amides is 1. The zero-order valence-electron chi connectivity index (χ0n) is 14.8. The highest BCUT2D eigenvalue weighted by atomic mass is 16.6. The molecule has 0 spiro atoms. The first-order valence-corrected chi connectivity index (χ1v) is 8.61. The molecular weight excluding hydrogens is 366 g/mol. The van der Waals surface area contributed by atoms with Gasteiger partial charge >= 0.3 is 11.9 Å². The van der Waals surface area contributed by atoms with Crippen molar-refractivity contribution in [2.45, 2.75) is 24.5 Å². The number of ether oxygens (including phenoxy) is 3. The van der Waals surface area contributed by atoms with Gasteiger partial charge in [0.2, 0.25) is 6.41 Å². The van der Waals surface area contributed by atoms with Gasteiger partial charge in [0.25, 0.3) is 0 Å². The van der Waals surface area contributed by atoms with Crippen molar-refractivity contribution in [1.82, 2.24) is 5.32 Å². The first-order valence-electron chi connectivity index (χ1n) is 8.61. The van der Waals surface area contributed by atoms with Crippen molar-refractivity contribution < 1.29 is 33.7 Å². The Bertz CT molecular complexity index is 812. The Morgan fingerprint density at radius 2 is 1.54 bits per heavy atom. The number of esters is 2. The molecule has 2 aromatic rings. The molecule has 1 aliphatic heterocycles. The van der Waals surface area contributed by atoms with Crippen LogP contribution in [0.5, 0.6) is 0 Å². The molecule has 1 unspecified atom stereocenters. The molecule has 1 saturated heterocycles. The number of carbonyl (C=O) groups excluding carboxylic acids is 3. The molecule has 8 nitrogen and oxygen atoms in total. The summed E-state index contributed by atoms with van der Waals surface area (Å²) in [5, 5.41) is 12.2. The fourth-order valence-corrected chi connectivity index (χ4v) is 2.83. The number of aliphatic hydroxyl groups is 1. The second-order valence-electron chi connectivity index (χ2n) is 6.07. The van der Waals surface area contributed by atoms with E-state index >= 15 is 0 Å². The predicted molar refractivity (Wildman–Crippen MR) is 96.2 cm³/mol. The zero-order valence-corrected chi connectivity index (χ0v) is 14.8. The highest BCUT2D eigenvalue weighted by Gasteiger charge is 2.46. The van der Waals surface area contributed by atoms with Gasteiger partial charge in [-0.1, -0.05) is 36.4 Å². The van der Waals surface area contributed by atoms with Crippen molar-refractivity contribution in [2.24, 2.45) is 0 Å². The van der Waals surface area contributed by atoms with Crippen LogP contribution in [0.15, 0.2) is 60.7 Å². The number of carbonyl (C=O) groups is 3. The number of hydrogen-bond donors (Lipinski definition) is 2. The molecule has 3 rings (SSSR count). The number of nitrogens with one attached hydrogen (secondary N) is 1. The van der Waals surface area contributed by atoms with Gasteiger partial charge in [0.1, 0.15) is 6.10 Å². The maximum atomic E-state index is 12.4. The molecule has 2 N–H and O–H groups in total. The molecule has 8 heteroatoms. The Labute approximate surface area is 161 Å². The Morgan fingerprint density at radius 1 is 1.00 bits per heavy atom. The van der Waals surface area contributed by atoms with Gasteiger partial charge < -0.3 is 24.6 Å². The lowest BCUT2D eigenvalue weighted by molar-refractivity contribution is -0.118. The Morgan fingerprint density at radius 3 is 2.07 bits per heavy atom. The smallest absolute Gasteiger partial charge is 0.338 e. The normalized spacial score (nSPS) is 22.1. The second-order valence-corrected chi connectivity index (χ2v) is 6.07. The maximum absolute atomic E-state index is 12.4. The molecule has 2 aromatic carbocycles. The molecule has 0 aromatic heterocycles. The molecule has 0 aliphatic carbocycles. The van der Waals surface area contributed by atoms with Crippen molar-refractivity contribution in [3.8, 4) is 0 Å². The van der Waals surface area contributed by atoms with Crippen LogP contribution < -0.4 is 5.32 Å². The van der Waals surface area contributed by atoms with Crippen LogP contribution in [0.3, 0.4) is 0 Å². The Balaban J connectivity index is 1.76. The Hall–Kier alpha value is -3.23. The molecule has 0 saturated carbocycles. The van der Waals surface area contributed by atoms with E-state index in [-0.39, 0.29) is 6.61 Å². The fraction of sp³-hybridized carbons (Fsp3) is 0.250. The van der Waals surface area contributed by atoms with Crippen molar-refractivity contribution in [2.75, 3.05) is 6.61 Å². The summed E-state index contributed by atoms with van der Waals surface area (Å²) in [7, 11) is 0. The summed E-state index contributed by atoms with van der Waals surface area (Å²) in [6, 6.07) is 16.6. The number of hydrogen-bond acceptors (Lipinski definition) is 7. The van der Waals surface area contributed by atoms with E-state index in [1.165, 1.54) is 0 Å². The molecule has 28 heavy (non-hydrogen) atoms. The molecule has 146 valence electrons. The van der Waals surface area contributed by atoms with Crippen LogP contribution in [0, 0.1) is 0 Å². The average Bonchev–Trinajstić information content (AvgIpc) is 3.11. The summed E-state index contributed by atoms with van der Waals surface area (Å²) < 4.78 is 16.3. The highest BCUT2D eigenvalue weighted by Crippen LogP contribution is 2.25. The lowest BCUT2D eigenvalue weighted by atomic mass is 10.1. The monoisotopic (exact) mass is 385 g/mol. The highest BCUT2D eigenvalue weighted by molar-refractivity contribution is 5.90. The minimum absolute atomic E-state index is 0.104. The average molecular weight is 385 g/mol. The third kappa shape index (κ3) is 4.54. The van der Waals surface area contributed by atoms with Crippen molar-refractivity contribution in [1.29, 1.82) is 0 Å². The summed E-state index contributed by atoms with van der Waals surface area (Å²) in [5.74, 6) is -1.28. The molecule has 1 amide bonds. The van der Waals surface area contributed by atoms with E-state index in [0.29, 0.717) is 17.5 Å². The molecule has 1 aliphatic rings. The van der Waals surface area contributed by atoms with E-state index in [4.69, 9.17) is 14.2 Å². The van der Waals surface area contributed by atoms with Crippen LogP contribution in [0.2, 0.25) is 0 Å². The van der Waals surface area contributed by atoms with Gasteiger partial charge in [-0.25, -0.2) is 9.59 Å². The van der Waals surface area contributed by atoms with E-state index in [2.05, 4.69) is 5.32 Å². The van der Waals surface area contributed by atoms with Crippen LogP contribution >= 0.6 is 0 Å². The Kier molecular flexibility index (Phi) is 6.36. The zero-order chi connectivity index (χ0) is 19.9. The van der Waals surface area contributed by atoms with E-state index in [9.17, 15) is 19.5 Å². The van der Waals surface area contributed by atoms with E-state index in [1.54, 1.807) is 60.7 Å². The van der Waals surface area contributed by atoms with Gasteiger partial charge in [-0.15, -0.1) is 0 Å². The third-order valence-electron chi connectivity index (χ3n) is 4.21. The first kappa shape index (κ1) is 19.5. The molecule has 1 fully saturated rings. The van der Waals surface area contributed by atoms with Crippen LogP contribution in [0.1, 0.15) is 20.7 Å². The van der Waals surface area contributed by atoms with E-state index in [0.717, 1.165) is 0 Å². The van der Waals surface area contributed by atoms with Crippen molar-refractivity contribution in [3.05, 3.63) is 71.8 Å². The summed E-state index contributed by atoms with van der Waals surface area (Å²) in [6.07, 6.45) is -4.29. The van der Waals surface area contributed by atoms with Crippen LogP contribution in [0.4, 0.5) is 0 Å². The van der Waals surface area contributed by atoms with Crippen molar-refractivity contribution >= 4 is 18.3 Å². The summed E-state index contributed by atoms with van der Waals surface area (Å²) in [4.78, 5) is 35.4. The summed E-state index contributed by atoms with van der Waals surface area (Å²) >= 11 is 0. The first-order chi connectivity index (χ1) is 13.6. The summed E-state index contributed by atoms with van der Waals surface area (Å²) in [5.41, 5.74) is 0.616. The van der Waals surface area contributed by atoms with Gasteiger partial charge in [0, 0.05) is 0 Å². The molecule has 4 atom stereocenters. The fourth-order valence-electron chi connectivity index (χ4n) is 2.83. The third-order valence-corrected chi connectivity index (χ3v) is 4.21. The van der Waals surface area contributed by atoms with Gasteiger partial charge in [-0.2, -0.15) is 0 Å². The minimum atomic E-state index is -1.44. The van der Waals surface area contributed by atoms with Gasteiger partial charge in [0.15, 0.2) is 18.4 Å². The topological polar surface area (TPSA) is 111 Å². The quantitative estimate of drug-likeness (QED) is 0.414. The van der Waals surface area contributed by atoms with Crippen LogP contribution in [-0.2, 0) is 19.0 Å². The predicted octanol–water partition coefficient (Wildman–Crippen LogP) is 0.901. The minimum Gasteiger partial charge on any atom is -0.452 e. The number of aliphatic hydroxyl groups excluding tert-OH is 1. The van der Waals surface area contributed by atoms with Crippen LogP contribution in [0.25, 0.3) is 0 Å². The van der Waals surface area contributed by atoms with Crippen LogP contribution in [-0.4, -0.2) is 54.6 Å². The molecular formula is C20H19NO7. The molecule has 1 heterocycles. The standard InChI is InChI=1S/C20H19NO7/c22-12-21-18(23)17-16(28-20(25)14-9-5-2-6-10-14)15(11-26-17)27-19(24)13-7-3-1-4-8-13/h1-10,12,15-18,23H,11H2,(H,21,22)/t15-,16-,17-,18?/m0/s1. The van der Waals surface area contributed by atoms with Crippen molar-refractivity contribution in [3.63, 3.8) is 0 Å². The number of benzene rings is 2. The van der Waals surface area contributed by atoms with E-state index in [1.807, 2.05) is 0 Å². The second kappa shape index (κ2) is 9.12. The number of rotatable bonds is 7. The van der Waals surface area contributed by atoms with E-state index < -0.39 is 36.5 Å². The molecule has 0 radical (unpaired) electrons. The summed E-state index contributed by atoms with van der Waals surface area (Å²) in [6.45, 7) is -0.104. The SMILES string of the molecule is O=CNC(O)[C@H]1OC[C@H](OC(=O)c2ccccc2)[C@@H]1OC(=O)c1ccccc1. The molecule has 0 bridgehead atoms. The largest absolute Gasteiger partial charge is 0.452 e. The van der Waals surface area contributed by atoms with Gasteiger partial charge in [0.05, 0.1) is 17.7 Å². The van der Waals surface area contributed by atoms with Gasteiger partial charge in [-0.05, 0) is 24.3 Å². The lowest BCUT2D eigenvalue weighted by Gasteiger charge is -2.25. The lowest BCUT2D eigenvalue weighted by Crippen LogP contribution is -2.48.